The van der Waals surface area contributed by atoms with Crippen LogP contribution in [0, 0.1) is 0 Å². The molecule has 3 heterocycles. The molecule has 0 radical (unpaired) electrons. The fourth-order valence-electron chi connectivity index (χ4n) is 8.92. The van der Waals surface area contributed by atoms with Crippen molar-refractivity contribution >= 4 is 76.3 Å². The zero-order chi connectivity index (χ0) is 36.0. The van der Waals surface area contributed by atoms with Crippen molar-refractivity contribution in [3.63, 3.8) is 0 Å². The van der Waals surface area contributed by atoms with Crippen molar-refractivity contribution in [3.8, 4) is 33.6 Å². The molecule has 0 spiro atoms. The lowest BCUT2D eigenvalue weighted by atomic mass is 10.00. The topological polar surface area (TPSA) is 23.0 Å². The van der Waals surface area contributed by atoms with Crippen molar-refractivity contribution in [2.75, 3.05) is 0 Å². The Morgan fingerprint density at radius 3 is 1.73 bits per heavy atom. The Balaban J connectivity index is 1.07. The van der Waals surface area contributed by atoms with Crippen molar-refractivity contribution in [3.05, 3.63) is 194 Å². The average molecular weight is 701 g/mol. The summed E-state index contributed by atoms with van der Waals surface area (Å²) >= 11 is 0. The summed E-state index contributed by atoms with van der Waals surface area (Å²) in [5, 5.41) is 9.51. The molecule has 9 aromatic carbocycles. The van der Waals surface area contributed by atoms with Crippen molar-refractivity contribution in [1.82, 2.24) is 9.13 Å². The van der Waals surface area contributed by atoms with Crippen LogP contribution >= 0.6 is 0 Å². The van der Waals surface area contributed by atoms with Crippen LogP contribution in [0.1, 0.15) is 0 Å². The predicted molar refractivity (Wildman–Crippen MR) is 231 cm³/mol. The Kier molecular flexibility index (Phi) is 6.34. The molecule has 12 rings (SSSR count). The van der Waals surface area contributed by atoms with Crippen molar-refractivity contribution in [1.29, 1.82) is 0 Å². The maximum atomic E-state index is 6.71. The maximum Gasteiger partial charge on any atom is 0.145 e. The number of fused-ring (bicyclic) bond motifs is 11. The molecule has 0 aliphatic heterocycles. The smallest absolute Gasteiger partial charge is 0.145 e. The Hall–Kier alpha value is -7.36. The third kappa shape index (κ3) is 4.50. The third-order valence-electron chi connectivity index (χ3n) is 11.5. The fraction of sp³-hybridized carbons (Fsp3) is 0. The SMILES string of the molecule is c1ccc(-c2ccc(-n3c4ccccc4c4cc(-c5ccc6c(c5)c5c7oc8ccccc8c7ccc5n6-c5ccc6ccccc6c5)ccc43)cc2)cc1. The Morgan fingerprint density at radius 2 is 0.891 bits per heavy atom. The molecule has 55 heavy (non-hydrogen) atoms. The van der Waals surface area contributed by atoms with Crippen LogP contribution in [0.15, 0.2) is 199 Å². The number of rotatable bonds is 4. The minimum absolute atomic E-state index is 0.907. The zero-order valence-electron chi connectivity index (χ0n) is 29.8. The maximum absolute atomic E-state index is 6.71. The van der Waals surface area contributed by atoms with E-state index in [0.29, 0.717) is 0 Å². The first-order valence-electron chi connectivity index (χ1n) is 18.8. The molecule has 0 aliphatic carbocycles. The highest BCUT2D eigenvalue weighted by molar-refractivity contribution is 6.24. The summed E-state index contributed by atoms with van der Waals surface area (Å²) in [5.74, 6) is 0. The summed E-state index contributed by atoms with van der Waals surface area (Å²) in [7, 11) is 0. The quantitative estimate of drug-likeness (QED) is 0.179. The van der Waals surface area contributed by atoms with E-state index in [9.17, 15) is 0 Å². The summed E-state index contributed by atoms with van der Waals surface area (Å²) in [6.07, 6.45) is 0. The van der Waals surface area contributed by atoms with Crippen LogP contribution in [0.25, 0.3) is 110 Å². The van der Waals surface area contributed by atoms with Gasteiger partial charge < -0.3 is 13.6 Å². The highest BCUT2D eigenvalue weighted by atomic mass is 16.3. The Morgan fingerprint density at radius 1 is 0.309 bits per heavy atom. The van der Waals surface area contributed by atoms with Crippen LogP contribution in [-0.4, -0.2) is 9.13 Å². The van der Waals surface area contributed by atoms with Crippen LogP contribution in [-0.2, 0) is 0 Å². The van der Waals surface area contributed by atoms with Gasteiger partial charge in [0.2, 0.25) is 0 Å². The van der Waals surface area contributed by atoms with Crippen molar-refractivity contribution < 1.29 is 4.42 Å². The van der Waals surface area contributed by atoms with E-state index < -0.39 is 0 Å². The van der Waals surface area contributed by atoms with Gasteiger partial charge >= 0.3 is 0 Å². The summed E-state index contributed by atoms with van der Waals surface area (Å²) in [6.45, 7) is 0. The number of hydrogen-bond donors (Lipinski definition) is 0. The number of furan rings is 1. The highest BCUT2D eigenvalue weighted by Crippen LogP contribution is 2.43. The number of hydrogen-bond acceptors (Lipinski definition) is 1. The van der Waals surface area contributed by atoms with Gasteiger partial charge in [-0.2, -0.15) is 0 Å². The summed E-state index contributed by atoms with van der Waals surface area (Å²) in [5.41, 5.74) is 13.6. The van der Waals surface area contributed by atoms with Gasteiger partial charge in [0.1, 0.15) is 11.2 Å². The van der Waals surface area contributed by atoms with Crippen molar-refractivity contribution in [2.45, 2.75) is 0 Å². The molecule has 0 bridgehead atoms. The van der Waals surface area contributed by atoms with Gasteiger partial charge in [0, 0.05) is 38.3 Å². The molecule has 3 nitrogen and oxygen atoms in total. The molecule has 0 fully saturated rings. The third-order valence-corrected chi connectivity index (χ3v) is 11.5. The van der Waals surface area contributed by atoms with E-state index in [2.05, 4.69) is 197 Å². The molecule has 0 saturated carbocycles. The summed E-state index contributed by atoms with van der Waals surface area (Å²) < 4.78 is 11.5. The molecule has 0 unspecified atom stereocenters. The van der Waals surface area contributed by atoms with E-state index in [1.54, 1.807) is 0 Å². The molecule has 0 amide bonds. The van der Waals surface area contributed by atoms with Gasteiger partial charge in [0.05, 0.1) is 27.5 Å². The minimum Gasteiger partial charge on any atom is -0.455 e. The van der Waals surface area contributed by atoms with E-state index in [1.807, 2.05) is 6.07 Å². The molecular weight excluding hydrogens is 669 g/mol. The Bertz CT molecular complexity index is 3470. The Labute approximate surface area is 316 Å². The number of aromatic nitrogens is 2. The van der Waals surface area contributed by atoms with E-state index in [4.69, 9.17) is 4.42 Å². The standard InChI is InChI=1S/C52H32N2O/c1-2-10-33(11-3-1)35-18-23-39(24-19-35)53-46-16-8-6-14-41(46)44-31-37(21-27-47(44)53)38-22-28-48-45(32-38)51-49(29-26-43-42-15-7-9-17-50(42)55-52(43)51)54(48)40-25-20-34-12-4-5-13-36(34)30-40/h1-32H. The first-order chi connectivity index (χ1) is 27.3. The number of nitrogens with zero attached hydrogens (tertiary/aromatic N) is 2. The van der Waals surface area contributed by atoms with Gasteiger partial charge in [-0.15, -0.1) is 0 Å². The van der Waals surface area contributed by atoms with Gasteiger partial charge in [0.15, 0.2) is 0 Å². The second-order valence-electron chi connectivity index (χ2n) is 14.5. The number of benzene rings is 9. The van der Waals surface area contributed by atoms with E-state index in [1.165, 1.54) is 60.2 Å². The fourth-order valence-corrected chi connectivity index (χ4v) is 8.92. The van der Waals surface area contributed by atoms with Crippen LogP contribution in [0.2, 0.25) is 0 Å². The van der Waals surface area contributed by atoms with Gasteiger partial charge in [0.25, 0.3) is 0 Å². The van der Waals surface area contributed by atoms with Crippen molar-refractivity contribution in [2.24, 2.45) is 0 Å². The van der Waals surface area contributed by atoms with Crippen LogP contribution in [0.4, 0.5) is 0 Å². The lowest BCUT2D eigenvalue weighted by Gasteiger charge is -2.11. The monoisotopic (exact) mass is 700 g/mol. The highest BCUT2D eigenvalue weighted by Gasteiger charge is 2.20. The van der Waals surface area contributed by atoms with Crippen LogP contribution in [0.3, 0.4) is 0 Å². The normalized spacial score (nSPS) is 12.0. The van der Waals surface area contributed by atoms with Gasteiger partial charge in [-0.25, -0.2) is 0 Å². The molecule has 3 heteroatoms. The first-order valence-corrected chi connectivity index (χ1v) is 18.8. The van der Waals surface area contributed by atoms with Gasteiger partial charge in [-0.1, -0.05) is 121 Å². The number of para-hydroxylation sites is 2. The van der Waals surface area contributed by atoms with Crippen LogP contribution < -0.4 is 0 Å². The molecule has 0 N–H and O–H groups in total. The van der Waals surface area contributed by atoms with Crippen LogP contribution in [0.5, 0.6) is 0 Å². The summed E-state index contributed by atoms with van der Waals surface area (Å²) in [4.78, 5) is 0. The first kappa shape index (κ1) is 30.1. The largest absolute Gasteiger partial charge is 0.455 e. The van der Waals surface area contributed by atoms with E-state index in [0.717, 1.165) is 49.7 Å². The average Bonchev–Trinajstić information content (AvgIpc) is 3.91. The predicted octanol–water partition coefficient (Wildman–Crippen LogP) is 14.3. The van der Waals surface area contributed by atoms with E-state index >= 15 is 0 Å². The lowest BCUT2D eigenvalue weighted by Crippen LogP contribution is -1.94. The van der Waals surface area contributed by atoms with Gasteiger partial charge in [-0.05, 0) is 106 Å². The van der Waals surface area contributed by atoms with E-state index in [-0.39, 0.29) is 0 Å². The van der Waals surface area contributed by atoms with Gasteiger partial charge in [-0.3, -0.25) is 0 Å². The molecule has 0 aliphatic rings. The molecular formula is C52H32N2O. The molecule has 12 aromatic rings. The second kappa shape index (κ2) is 11.6. The molecule has 3 aromatic heterocycles. The lowest BCUT2D eigenvalue weighted by molar-refractivity contribution is 0.673. The molecule has 0 saturated heterocycles. The minimum atomic E-state index is 0.907. The second-order valence-corrected chi connectivity index (χ2v) is 14.5. The molecule has 0 atom stereocenters. The zero-order valence-corrected chi connectivity index (χ0v) is 29.8. The summed E-state index contributed by atoms with van der Waals surface area (Å²) in [6, 6.07) is 70.3. The molecule has 256 valence electrons.